The number of nitrogens with zero attached hydrogens (tertiary/aromatic N) is 1. The molecule has 0 fully saturated rings. The molecule has 0 amide bonds. The van der Waals surface area contributed by atoms with Crippen LogP contribution in [0.2, 0.25) is 0 Å². The third-order valence-corrected chi connectivity index (χ3v) is 5.72. The van der Waals surface area contributed by atoms with E-state index >= 15 is 0 Å². The minimum Gasteiger partial charge on any atom is -0.504 e. The number of aliphatic imine (C=N–C) groups is 1. The molecule has 0 radical (unpaired) electrons. The fourth-order valence-electron chi connectivity index (χ4n) is 3.98. The standard InChI is InChI=1S/C26H25F3N2O3/c1-3-34-23-6-4-5-20(24(23)32)22-15-21(16-9-13-19(33-2)14-10-16)30-25(31-22)17-7-11-18(12-8-17)26(27,28)29/h4-14,22,25,31-32H,3,15H2,1-2H3/t22-,25-/m1/s1. The summed E-state index contributed by atoms with van der Waals surface area (Å²) in [4.78, 5) is 4.80. The van der Waals surface area contributed by atoms with Crippen LogP contribution in [0.15, 0.2) is 71.7 Å². The largest absolute Gasteiger partial charge is 0.504 e. The van der Waals surface area contributed by atoms with Crippen molar-refractivity contribution in [2.45, 2.75) is 31.7 Å². The first-order valence-corrected chi connectivity index (χ1v) is 10.9. The number of rotatable bonds is 6. The van der Waals surface area contributed by atoms with Crippen molar-refractivity contribution in [3.8, 4) is 17.2 Å². The van der Waals surface area contributed by atoms with Crippen molar-refractivity contribution in [3.05, 3.63) is 89.0 Å². The summed E-state index contributed by atoms with van der Waals surface area (Å²) in [6.45, 7) is 2.24. The molecule has 0 aliphatic carbocycles. The summed E-state index contributed by atoms with van der Waals surface area (Å²) in [6.07, 6.45) is -4.55. The van der Waals surface area contributed by atoms with Crippen LogP contribution in [-0.4, -0.2) is 24.5 Å². The molecule has 1 heterocycles. The molecule has 3 aromatic carbocycles. The minimum atomic E-state index is -4.41. The fourth-order valence-corrected chi connectivity index (χ4v) is 3.98. The molecule has 0 unspecified atom stereocenters. The van der Waals surface area contributed by atoms with E-state index in [0.717, 1.165) is 23.4 Å². The van der Waals surface area contributed by atoms with Crippen LogP contribution in [0.5, 0.6) is 17.2 Å². The van der Waals surface area contributed by atoms with Gasteiger partial charge in [0.2, 0.25) is 0 Å². The maximum absolute atomic E-state index is 13.0. The molecule has 5 nitrogen and oxygen atoms in total. The summed E-state index contributed by atoms with van der Waals surface area (Å²) in [5.41, 5.74) is 2.13. The van der Waals surface area contributed by atoms with Gasteiger partial charge in [-0.2, -0.15) is 13.2 Å². The molecule has 34 heavy (non-hydrogen) atoms. The molecule has 0 saturated carbocycles. The molecule has 2 atom stereocenters. The first-order valence-electron chi connectivity index (χ1n) is 10.9. The van der Waals surface area contributed by atoms with Crippen LogP contribution in [0.1, 0.15) is 47.8 Å². The zero-order valence-corrected chi connectivity index (χ0v) is 18.8. The third-order valence-electron chi connectivity index (χ3n) is 5.72. The van der Waals surface area contributed by atoms with Gasteiger partial charge in [0.15, 0.2) is 11.5 Å². The van der Waals surface area contributed by atoms with E-state index in [9.17, 15) is 18.3 Å². The van der Waals surface area contributed by atoms with E-state index in [1.807, 2.05) is 31.2 Å². The van der Waals surface area contributed by atoms with Crippen molar-refractivity contribution in [3.63, 3.8) is 0 Å². The highest BCUT2D eigenvalue weighted by Gasteiger charge is 2.32. The lowest BCUT2D eigenvalue weighted by molar-refractivity contribution is -0.137. The lowest BCUT2D eigenvalue weighted by Crippen LogP contribution is -2.33. The van der Waals surface area contributed by atoms with E-state index in [1.165, 1.54) is 12.1 Å². The number of aromatic hydroxyl groups is 1. The normalized spacial score (nSPS) is 18.3. The summed E-state index contributed by atoms with van der Waals surface area (Å²) in [6, 6.07) is 17.3. The van der Waals surface area contributed by atoms with Crippen LogP contribution < -0.4 is 14.8 Å². The third kappa shape index (κ3) is 5.02. The number of phenols is 1. The quantitative estimate of drug-likeness (QED) is 0.461. The van der Waals surface area contributed by atoms with E-state index in [4.69, 9.17) is 14.5 Å². The van der Waals surface area contributed by atoms with Crippen LogP contribution in [0.25, 0.3) is 0 Å². The van der Waals surface area contributed by atoms with Gasteiger partial charge in [-0.15, -0.1) is 0 Å². The van der Waals surface area contributed by atoms with E-state index in [1.54, 1.807) is 25.3 Å². The van der Waals surface area contributed by atoms with Crippen LogP contribution >= 0.6 is 0 Å². The second-order valence-electron chi connectivity index (χ2n) is 7.88. The van der Waals surface area contributed by atoms with Crippen molar-refractivity contribution in [1.29, 1.82) is 0 Å². The van der Waals surface area contributed by atoms with E-state index in [-0.39, 0.29) is 11.8 Å². The summed E-state index contributed by atoms with van der Waals surface area (Å²) in [5.74, 6) is 1.11. The minimum absolute atomic E-state index is 0.0315. The molecule has 1 aliphatic heterocycles. The molecule has 0 spiro atoms. The highest BCUT2D eigenvalue weighted by Crippen LogP contribution is 2.39. The monoisotopic (exact) mass is 470 g/mol. The van der Waals surface area contributed by atoms with Gasteiger partial charge in [-0.25, -0.2) is 0 Å². The molecule has 2 N–H and O–H groups in total. The highest BCUT2D eigenvalue weighted by atomic mass is 19.4. The number of hydrogen-bond acceptors (Lipinski definition) is 5. The topological polar surface area (TPSA) is 63.1 Å². The number of methoxy groups -OCH3 is 1. The lowest BCUT2D eigenvalue weighted by Gasteiger charge is -2.31. The second kappa shape index (κ2) is 9.77. The number of nitrogens with one attached hydrogen (secondary N) is 1. The molecule has 8 heteroatoms. The fraction of sp³-hybridized carbons (Fsp3) is 0.269. The Bertz CT molecular complexity index is 1160. The van der Waals surface area contributed by atoms with Gasteiger partial charge in [-0.3, -0.25) is 10.3 Å². The van der Waals surface area contributed by atoms with Crippen molar-refractivity contribution in [1.82, 2.24) is 5.32 Å². The van der Waals surface area contributed by atoms with Crippen molar-refractivity contribution in [2.24, 2.45) is 4.99 Å². The number of benzene rings is 3. The van der Waals surface area contributed by atoms with Gasteiger partial charge < -0.3 is 14.6 Å². The maximum atomic E-state index is 13.0. The number of halogens is 3. The average molecular weight is 470 g/mol. The first-order chi connectivity index (χ1) is 16.3. The first kappa shape index (κ1) is 23.6. The van der Waals surface area contributed by atoms with Gasteiger partial charge in [0.25, 0.3) is 0 Å². The molecular formula is C26H25F3N2O3. The van der Waals surface area contributed by atoms with E-state index < -0.39 is 17.9 Å². The van der Waals surface area contributed by atoms with Gasteiger partial charge in [0.05, 0.1) is 19.3 Å². The number of ether oxygens (including phenoxy) is 2. The summed E-state index contributed by atoms with van der Waals surface area (Å²) in [7, 11) is 1.59. The SMILES string of the molecule is CCOc1cccc([C@H]2CC(c3ccc(OC)cc3)=N[C@@H](c3ccc(C(F)(F)F)cc3)N2)c1O. The molecule has 0 aromatic heterocycles. The van der Waals surface area contributed by atoms with Crippen LogP contribution in [0.3, 0.4) is 0 Å². The zero-order valence-electron chi connectivity index (χ0n) is 18.8. The Morgan fingerprint density at radius 1 is 1.03 bits per heavy atom. The molecule has 0 bridgehead atoms. The number of hydrogen-bond donors (Lipinski definition) is 2. The molecule has 1 aliphatic rings. The lowest BCUT2D eigenvalue weighted by atomic mass is 9.93. The molecule has 4 rings (SSSR count). The Kier molecular flexibility index (Phi) is 6.79. The van der Waals surface area contributed by atoms with Gasteiger partial charge in [-0.1, -0.05) is 24.3 Å². The van der Waals surface area contributed by atoms with Gasteiger partial charge in [0.1, 0.15) is 11.9 Å². The predicted octanol–water partition coefficient (Wildman–Crippen LogP) is 6.04. The van der Waals surface area contributed by atoms with Crippen LogP contribution in [-0.2, 0) is 6.18 Å². The molecule has 178 valence electrons. The number of alkyl halides is 3. The Morgan fingerprint density at radius 3 is 2.35 bits per heavy atom. The van der Waals surface area contributed by atoms with Crippen molar-refractivity contribution in [2.75, 3.05) is 13.7 Å². The maximum Gasteiger partial charge on any atom is 0.416 e. The summed E-state index contributed by atoms with van der Waals surface area (Å²) < 4.78 is 49.9. The Balaban J connectivity index is 1.73. The highest BCUT2D eigenvalue weighted by molar-refractivity contribution is 6.01. The second-order valence-corrected chi connectivity index (χ2v) is 7.88. The summed E-state index contributed by atoms with van der Waals surface area (Å²) >= 11 is 0. The smallest absolute Gasteiger partial charge is 0.416 e. The van der Waals surface area contributed by atoms with Crippen LogP contribution in [0.4, 0.5) is 13.2 Å². The predicted molar refractivity (Wildman–Crippen MR) is 123 cm³/mol. The van der Waals surface area contributed by atoms with E-state index in [2.05, 4.69) is 5.32 Å². The zero-order chi connectivity index (χ0) is 24.3. The Hall–Kier alpha value is -3.52. The number of phenolic OH excluding ortho intramolecular Hbond substituents is 1. The molecule has 0 saturated heterocycles. The molecule has 3 aromatic rings. The van der Waals surface area contributed by atoms with Crippen molar-refractivity contribution < 1.29 is 27.8 Å². The van der Waals surface area contributed by atoms with Crippen LogP contribution in [0, 0.1) is 0 Å². The summed E-state index contributed by atoms with van der Waals surface area (Å²) in [5, 5.41) is 14.2. The number of para-hydroxylation sites is 1. The molecular weight excluding hydrogens is 445 g/mol. The Morgan fingerprint density at radius 2 is 1.74 bits per heavy atom. The van der Waals surface area contributed by atoms with Gasteiger partial charge >= 0.3 is 6.18 Å². The van der Waals surface area contributed by atoms with Gasteiger partial charge in [-0.05, 0) is 60.5 Å². The Labute approximate surface area is 195 Å². The van der Waals surface area contributed by atoms with Crippen molar-refractivity contribution >= 4 is 5.71 Å². The van der Waals surface area contributed by atoms with E-state index in [0.29, 0.717) is 35.7 Å². The van der Waals surface area contributed by atoms with Gasteiger partial charge in [0, 0.05) is 23.7 Å². The average Bonchev–Trinajstić information content (AvgIpc) is 2.85.